The lowest BCUT2D eigenvalue weighted by Crippen LogP contribution is -2.48. The molecule has 17 nitrogen and oxygen atoms in total. The first-order valence-corrected chi connectivity index (χ1v) is 10.6. The molecular formula is C20H26N8O9. The first kappa shape index (κ1) is 28.3. The number of aliphatic hydroxyl groups is 1. The van der Waals surface area contributed by atoms with E-state index in [0.29, 0.717) is 0 Å². The Hall–Kier alpha value is -4.96. The van der Waals surface area contributed by atoms with Crippen LogP contribution < -0.4 is 22.9 Å². The predicted octanol–water partition coefficient (Wildman–Crippen LogP) is -5.99. The summed E-state index contributed by atoms with van der Waals surface area (Å²) in [4.78, 5) is 98.6. The largest absolute Gasteiger partial charge is 0.510 e. The molecule has 0 aromatic carbocycles. The van der Waals surface area contributed by atoms with Gasteiger partial charge in [-0.2, -0.15) is 0 Å². The van der Waals surface area contributed by atoms with Gasteiger partial charge in [0.1, 0.15) is 18.8 Å². The third-order valence-electron chi connectivity index (χ3n) is 5.17. The maximum absolute atomic E-state index is 12.9. The third-order valence-corrected chi connectivity index (χ3v) is 5.17. The Morgan fingerprint density at radius 2 is 1.14 bits per heavy atom. The van der Waals surface area contributed by atoms with E-state index in [0.717, 1.165) is 25.7 Å². The fourth-order valence-corrected chi connectivity index (χ4v) is 3.66. The molecule has 37 heavy (non-hydrogen) atoms. The lowest BCUT2D eigenvalue weighted by Gasteiger charge is -2.24. The number of nitrogens with two attached hydrogens (primary N) is 4. The van der Waals surface area contributed by atoms with Crippen molar-refractivity contribution < 1.29 is 43.5 Å². The highest BCUT2D eigenvalue weighted by Gasteiger charge is 2.38. The fraction of sp³-hybridized carbons (Fsp3) is 0.400. The van der Waals surface area contributed by atoms with Crippen molar-refractivity contribution in [2.45, 2.75) is 0 Å². The summed E-state index contributed by atoms with van der Waals surface area (Å²) in [7, 11) is 0. The smallest absolute Gasteiger partial charge is 0.258 e. The molecule has 2 aliphatic heterocycles. The maximum atomic E-state index is 12.9. The molecule has 0 radical (unpaired) electrons. The van der Waals surface area contributed by atoms with Gasteiger partial charge in [-0.15, -0.1) is 0 Å². The summed E-state index contributed by atoms with van der Waals surface area (Å²) >= 11 is 0. The Balaban J connectivity index is 2.08. The van der Waals surface area contributed by atoms with E-state index in [2.05, 4.69) is 0 Å². The van der Waals surface area contributed by atoms with Gasteiger partial charge < -0.3 is 47.6 Å². The summed E-state index contributed by atoms with van der Waals surface area (Å²) < 4.78 is 0. The zero-order chi connectivity index (χ0) is 28.0. The van der Waals surface area contributed by atoms with E-state index in [1.807, 2.05) is 0 Å². The van der Waals surface area contributed by atoms with Crippen molar-refractivity contribution in [1.29, 1.82) is 0 Å². The van der Waals surface area contributed by atoms with Crippen LogP contribution in [0.25, 0.3) is 0 Å². The van der Waals surface area contributed by atoms with Crippen molar-refractivity contribution in [3.05, 3.63) is 23.0 Å². The van der Waals surface area contributed by atoms with Crippen molar-refractivity contribution >= 4 is 47.3 Å². The average Bonchev–Trinajstić information content (AvgIpc) is 3.23. The molecule has 0 saturated carbocycles. The summed E-state index contributed by atoms with van der Waals surface area (Å²) in [5, 5.41) is 10.4. The van der Waals surface area contributed by atoms with E-state index >= 15 is 0 Å². The van der Waals surface area contributed by atoms with Crippen LogP contribution in [0.1, 0.15) is 0 Å². The molecule has 0 aromatic rings. The molecule has 0 fully saturated rings. The summed E-state index contributed by atoms with van der Waals surface area (Å²) in [5.41, 5.74) is 20.1. The van der Waals surface area contributed by atoms with E-state index in [-0.39, 0.29) is 17.7 Å². The number of aliphatic hydroxyl groups excluding tert-OH is 1. The van der Waals surface area contributed by atoms with Gasteiger partial charge in [0.15, 0.2) is 0 Å². The Labute approximate surface area is 209 Å². The number of primary amides is 4. The number of rotatable bonds is 13. The Morgan fingerprint density at radius 1 is 0.730 bits per heavy atom. The van der Waals surface area contributed by atoms with Gasteiger partial charge in [0, 0.05) is 12.6 Å². The molecule has 0 unspecified atom stereocenters. The molecule has 9 N–H and O–H groups in total. The number of carbonyl (C=O) groups excluding carboxylic acids is 8. The summed E-state index contributed by atoms with van der Waals surface area (Å²) in [5.74, 6) is -7.28. The van der Waals surface area contributed by atoms with Gasteiger partial charge in [0.2, 0.25) is 41.4 Å². The molecule has 0 aliphatic carbocycles. The van der Waals surface area contributed by atoms with Crippen LogP contribution in [0.5, 0.6) is 0 Å². The minimum atomic E-state index is -0.918. The Kier molecular flexibility index (Phi) is 8.90. The van der Waals surface area contributed by atoms with Crippen molar-refractivity contribution in [3.8, 4) is 0 Å². The summed E-state index contributed by atoms with van der Waals surface area (Å²) in [6.07, 6.45) is 1.01. The van der Waals surface area contributed by atoms with Gasteiger partial charge in [-0.25, -0.2) is 0 Å². The predicted molar refractivity (Wildman–Crippen MR) is 121 cm³/mol. The monoisotopic (exact) mass is 522 g/mol. The molecule has 0 bridgehead atoms. The lowest BCUT2D eigenvalue weighted by atomic mass is 10.1. The van der Waals surface area contributed by atoms with Gasteiger partial charge in [0.25, 0.3) is 5.91 Å². The van der Waals surface area contributed by atoms with Gasteiger partial charge in [-0.05, 0) is 5.57 Å². The highest BCUT2D eigenvalue weighted by Crippen LogP contribution is 2.28. The number of carbonyl (C=O) groups is 8. The quantitative estimate of drug-likeness (QED) is 0.154. The first-order valence-electron chi connectivity index (χ1n) is 10.6. The lowest BCUT2D eigenvalue weighted by molar-refractivity contribution is -0.141. The van der Waals surface area contributed by atoms with Gasteiger partial charge >= 0.3 is 0 Å². The second-order valence-corrected chi connectivity index (χ2v) is 8.21. The van der Waals surface area contributed by atoms with E-state index in [1.54, 1.807) is 0 Å². The minimum absolute atomic E-state index is 0.0535. The number of hydrogen-bond donors (Lipinski definition) is 5. The zero-order valence-electron chi connectivity index (χ0n) is 19.5. The van der Waals surface area contributed by atoms with Crippen LogP contribution in [-0.4, -0.2) is 124 Å². The highest BCUT2D eigenvalue weighted by molar-refractivity contribution is 6.06. The van der Waals surface area contributed by atoms with Crippen molar-refractivity contribution in [1.82, 2.24) is 19.6 Å². The molecule has 0 atom stereocenters. The van der Waals surface area contributed by atoms with Gasteiger partial charge in [0.05, 0.1) is 38.3 Å². The molecular weight excluding hydrogens is 496 g/mol. The number of hydrogen-bond acceptors (Lipinski definition) is 9. The van der Waals surface area contributed by atoms with E-state index < -0.39 is 98.8 Å². The molecule has 2 heterocycles. The van der Waals surface area contributed by atoms with Crippen LogP contribution in [0.15, 0.2) is 23.0 Å². The molecule has 17 heteroatoms. The van der Waals surface area contributed by atoms with Crippen LogP contribution in [0.2, 0.25) is 0 Å². The Bertz CT molecular complexity index is 1100. The summed E-state index contributed by atoms with van der Waals surface area (Å²) in [6, 6.07) is 0. The van der Waals surface area contributed by atoms with Gasteiger partial charge in [-0.3, -0.25) is 38.4 Å². The van der Waals surface area contributed by atoms with Crippen LogP contribution in [0, 0.1) is 0 Å². The topological polar surface area (TPSA) is 274 Å². The minimum Gasteiger partial charge on any atom is -0.510 e. The first-order chi connectivity index (χ1) is 17.2. The molecule has 2 rings (SSSR count). The highest BCUT2D eigenvalue weighted by atomic mass is 16.3. The van der Waals surface area contributed by atoms with E-state index in [9.17, 15) is 43.5 Å². The fourth-order valence-electron chi connectivity index (χ4n) is 3.66. The molecule has 0 aromatic heterocycles. The second kappa shape index (κ2) is 11.6. The van der Waals surface area contributed by atoms with Crippen LogP contribution in [-0.2, 0) is 38.4 Å². The number of nitrogens with zero attached hydrogens (tertiary/aromatic N) is 4. The van der Waals surface area contributed by atoms with Gasteiger partial charge in [-0.1, -0.05) is 0 Å². The van der Waals surface area contributed by atoms with Crippen molar-refractivity contribution in [2.24, 2.45) is 22.9 Å². The normalized spacial score (nSPS) is 15.1. The van der Waals surface area contributed by atoms with Crippen LogP contribution >= 0.6 is 0 Å². The molecule has 0 saturated heterocycles. The van der Waals surface area contributed by atoms with Crippen molar-refractivity contribution in [2.75, 3.05) is 52.4 Å². The Morgan fingerprint density at radius 3 is 1.54 bits per heavy atom. The van der Waals surface area contributed by atoms with Crippen LogP contribution in [0.3, 0.4) is 0 Å². The standard InChI is InChI=1S/C20H26N8O9/c21-12(30)4-26(5-13(22)31)17(35)8-25-2-10(1-16(25)34)19-11(29)3-28(20(19)37)9-18(36)27(6-14(23)32)7-15(24)33/h1,29H,2-9H2,(H2,21,30)(H2,22,31)(H2,23,32)(H2,24,33). The maximum Gasteiger partial charge on any atom is 0.258 e. The van der Waals surface area contributed by atoms with Crippen molar-refractivity contribution in [3.63, 3.8) is 0 Å². The SMILES string of the molecule is NC(=O)CN(CC(N)=O)C(=O)CN1CC(C2=C(O)CN(CC(=O)N(CC(N)=O)CC(N)=O)C2=O)=CC1=O. The average molecular weight is 522 g/mol. The molecule has 0 spiro atoms. The third kappa shape index (κ3) is 7.51. The van der Waals surface area contributed by atoms with Crippen LogP contribution in [0.4, 0.5) is 0 Å². The van der Waals surface area contributed by atoms with E-state index in [1.165, 1.54) is 0 Å². The molecule has 8 amide bonds. The van der Waals surface area contributed by atoms with E-state index in [4.69, 9.17) is 22.9 Å². The summed E-state index contributed by atoms with van der Waals surface area (Å²) in [6.45, 7) is -4.38. The molecule has 2 aliphatic rings. The molecule has 200 valence electrons. The number of amides is 8. The zero-order valence-corrected chi connectivity index (χ0v) is 19.5. The second-order valence-electron chi connectivity index (χ2n) is 8.21.